The molecule has 0 aromatic carbocycles. The predicted octanol–water partition coefficient (Wildman–Crippen LogP) is 3.07. The molecule has 2 heteroatoms. The summed E-state index contributed by atoms with van der Waals surface area (Å²) in [4.78, 5) is 0. The van der Waals surface area contributed by atoms with Crippen molar-refractivity contribution in [3.05, 3.63) is 72.1 Å². The van der Waals surface area contributed by atoms with Gasteiger partial charge in [0, 0.05) is 12.1 Å². The number of rotatable bonds is 1. The molecule has 17 heavy (non-hydrogen) atoms. The summed E-state index contributed by atoms with van der Waals surface area (Å²) in [5.41, 5.74) is 3.38. The highest BCUT2D eigenvalue weighted by atomic mass is 15.3. The van der Waals surface area contributed by atoms with Gasteiger partial charge >= 0.3 is 0 Å². The fourth-order valence-electron chi connectivity index (χ4n) is 2.08. The average Bonchev–Trinajstić information content (AvgIpc) is 2.66. The van der Waals surface area contributed by atoms with Crippen LogP contribution in [0, 0.1) is 18.9 Å². The Kier molecular flexibility index (Phi) is 2.41. The Morgan fingerprint density at radius 2 is 2.18 bits per heavy atom. The zero-order chi connectivity index (χ0) is 11.7. The third-order valence-corrected chi connectivity index (χ3v) is 2.92. The fraction of sp³-hybridized carbons (Fsp3) is 0.133. The molecule has 0 saturated carbocycles. The number of allylic oxidation sites excluding steroid dienone is 10. The lowest BCUT2D eigenvalue weighted by Crippen LogP contribution is -2.06. The molecule has 0 amide bonds. The summed E-state index contributed by atoms with van der Waals surface area (Å²) in [7, 11) is 0. The Hall–Kier alpha value is -2.09. The van der Waals surface area contributed by atoms with Crippen LogP contribution in [0.15, 0.2) is 60.4 Å². The molecule has 0 bridgehead atoms. The maximum atomic E-state index is 4.47. The standard InChI is InChI=1S/C15H13N2/c1-12-10-11-17(16-12)15-9-5-3-7-13-6-2-4-8-14(13)15/h2-6,8-11,13H,1H3. The first-order valence-corrected chi connectivity index (χ1v) is 5.72. The van der Waals surface area contributed by atoms with Crippen LogP contribution in [0.5, 0.6) is 0 Å². The minimum absolute atomic E-state index is 0.231. The second kappa shape index (κ2) is 4.06. The van der Waals surface area contributed by atoms with Gasteiger partial charge in [0.2, 0.25) is 0 Å². The molecule has 0 saturated heterocycles. The minimum atomic E-state index is 0.231. The van der Waals surface area contributed by atoms with E-state index in [9.17, 15) is 0 Å². The molecule has 2 nitrogen and oxygen atoms in total. The molecule has 0 fully saturated rings. The summed E-state index contributed by atoms with van der Waals surface area (Å²) in [5, 5.41) is 4.47. The molecule has 0 aliphatic heterocycles. The summed E-state index contributed by atoms with van der Waals surface area (Å²) < 4.78 is 1.93. The van der Waals surface area contributed by atoms with Crippen LogP contribution in [0.1, 0.15) is 5.69 Å². The van der Waals surface area contributed by atoms with Gasteiger partial charge < -0.3 is 0 Å². The topological polar surface area (TPSA) is 17.8 Å². The smallest absolute Gasteiger partial charge is 0.0687 e. The van der Waals surface area contributed by atoms with Crippen LogP contribution in [0.25, 0.3) is 5.70 Å². The van der Waals surface area contributed by atoms with Crippen molar-refractivity contribution in [1.82, 2.24) is 9.78 Å². The normalized spacial score (nSPS) is 21.8. The number of aryl methyl sites for hydroxylation is 1. The summed E-state index contributed by atoms with van der Waals surface area (Å²) in [6, 6.07) is 2.01. The molecule has 1 aromatic rings. The minimum Gasteiger partial charge on any atom is -0.240 e. The van der Waals surface area contributed by atoms with Gasteiger partial charge in [0.25, 0.3) is 0 Å². The summed E-state index contributed by atoms with van der Waals surface area (Å²) in [6.45, 7) is 2.00. The third kappa shape index (κ3) is 1.82. The van der Waals surface area contributed by atoms with E-state index in [1.807, 2.05) is 36.0 Å². The van der Waals surface area contributed by atoms with E-state index in [0.29, 0.717) is 0 Å². The zero-order valence-electron chi connectivity index (χ0n) is 9.67. The Bertz CT molecular complexity index is 580. The second-order valence-corrected chi connectivity index (χ2v) is 4.16. The van der Waals surface area contributed by atoms with E-state index in [-0.39, 0.29) is 5.92 Å². The Morgan fingerprint density at radius 3 is 3.00 bits per heavy atom. The molecule has 1 radical (unpaired) electrons. The highest BCUT2D eigenvalue weighted by Crippen LogP contribution is 2.28. The lowest BCUT2D eigenvalue weighted by atomic mass is 9.93. The van der Waals surface area contributed by atoms with Crippen molar-refractivity contribution in [1.29, 1.82) is 0 Å². The van der Waals surface area contributed by atoms with Crippen molar-refractivity contribution >= 4 is 5.70 Å². The van der Waals surface area contributed by atoms with Crippen molar-refractivity contribution in [2.24, 2.45) is 5.92 Å². The van der Waals surface area contributed by atoms with E-state index in [2.05, 4.69) is 41.6 Å². The highest BCUT2D eigenvalue weighted by Gasteiger charge is 2.15. The molecule has 0 spiro atoms. The van der Waals surface area contributed by atoms with Gasteiger partial charge in [0.15, 0.2) is 0 Å². The first kappa shape index (κ1) is 10.1. The fourth-order valence-corrected chi connectivity index (χ4v) is 2.08. The predicted molar refractivity (Wildman–Crippen MR) is 68.9 cm³/mol. The van der Waals surface area contributed by atoms with Crippen LogP contribution in [0.2, 0.25) is 0 Å². The first-order valence-electron chi connectivity index (χ1n) is 5.72. The van der Waals surface area contributed by atoms with Gasteiger partial charge in [0.1, 0.15) is 0 Å². The van der Waals surface area contributed by atoms with Gasteiger partial charge in [0.05, 0.1) is 11.4 Å². The van der Waals surface area contributed by atoms with Crippen LogP contribution >= 0.6 is 0 Å². The Morgan fingerprint density at radius 1 is 1.24 bits per heavy atom. The average molecular weight is 221 g/mol. The summed E-state index contributed by atoms with van der Waals surface area (Å²) in [6.07, 6.45) is 19.8. The van der Waals surface area contributed by atoms with Crippen LogP contribution in [0.3, 0.4) is 0 Å². The number of nitrogens with zero attached hydrogens (tertiary/aromatic N) is 2. The second-order valence-electron chi connectivity index (χ2n) is 4.16. The molecule has 83 valence electrons. The quantitative estimate of drug-likeness (QED) is 0.712. The van der Waals surface area contributed by atoms with Crippen LogP contribution < -0.4 is 0 Å². The van der Waals surface area contributed by atoms with Crippen molar-refractivity contribution in [3.8, 4) is 0 Å². The van der Waals surface area contributed by atoms with Gasteiger partial charge in [-0.2, -0.15) is 5.10 Å². The van der Waals surface area contributed by atoms with E-state index < -0.39 is 0 Å². The monoisotopic (exact) mass is 221 g/mol. The van der Waals surface area contributed by atoms with Crippen LogP contribution in [-0.4, -0.2) is 9.78 Å². The molecule has 1 heterocycles. The van der Waals surface area contributed by atoms with Gasteiger partial charge in [-0.05, 0) is 30.7 Å². The van der Waals surface area contributed by atoms with Gasteiger partial charge in [-0.15, -0.1) is 0 Å². The van der Waals surface area contributed by atoms with Gasteiger partial charge in [-0.25, -0.2) is 4.68 Å². The molecular weight excluding hydrogens is 208 g/mol. The molecule has 1 atom stereocenters. The van der Waals surface area contributed by atoms with Crippen molar-refractivity contribution < 1.29 is 0 Å². The Balaban J connectivity index is 2.15. The summed E-state index contributed by atoms with van der Waals surface area (Å²) in [5.74, 6) is 0.231. The van der Waals surface area contributed by atoms with E-state index in [0.717, 1.165) is 11.4 Å². The van der Waals surface area contributed by atoms with Crippen molar-refractivity contribution in [3.63, 3.8) is 0 Å². The van der Waals surface area contributed by atoms with E-state index in [1.165, 1.54) is 5.57 Å². The molecule has 1 unspecified atom stereocenters. The SMILES string of the molecule is Cc1ccn(C2=C3C=CC=CC3[C]=CC=C2)n1. The summed E-state index contributed by atoms with van der Waals surface area (Å²) >= 11 is 0. The lowest BCUT2D eigenvalue weighted by molar-refractivity contribution is 0.862. The molecular formula is C15H13N2. The maximum absolute atomic E-state index is 4.47. The lowest BCUT2D eigenvalue weighted by Gasteiger charge is -2.15. The van der Waals surface area contributed by atoms with E-state index >= 15 is 0 Å². The van der Waals surface area contributed by atoms with E-state index in [1.54, 1.807) is 0 Å². The largest absolute Gasteiger partial charge is 0.240 e. The zero-order valence-corrected chi connectivity index (χ0v) is 9.67. The Labute approximate surface area is 101 Å². The third-order valence-electron chi connectivity index (χ3n) is 2.92. The molecule has 3 rings (SSSR count). The highest BCUT2D eigenvalue weighted by molar-refractivity contribution is 5.67. The first-order chi connectivity index (χ1) is 8.34. The molecule has 2 aliphatic carbocycles. The van der Waals surface area contributed by atoms with Crippen LogP contribution in [-0.2, 0) is 0 Å². The molecule has 2 aliphatic rings. The number of hydrogen-bond acceptors (Lipinski definition) is 1. The van der Waals surface area contributed by atoms with Crippen LogP contribution in [0.4, 0.5) is 0 Å². The van der Waals surface area contributed by atoms with Crippen molar-refractivity contribution in [2.45, 2.75) is 6.92 Å². The van der Waals surface area contributed by atoms with Gasteiger partial charge in [-0.3, -0.25) is 0 Å². The van der Waals surface area contributed by atoms with Gasteiger partial charge in [-0.1, -0.05) is 36.5 Å². The molecule has 0 N–H and O–H groups in total. The number of aromatic nitrogens is 2. The van der Waals surface area contributed by atoms with E-state index in [4.69, 9.17) is 0 Å². The van der Waals surface area contributed by atoms with Crippen molar-refractivity contribution in [2.75, 3.05) is 0 Å². The number of fused-ring (bicyclic) bond motifs is 1. The maximum Gasteiger partial charge on any atom is 0.0687 e. The number of hydrogen-bond donors (Lipinski definition) is 0. The molecule has 1 aromatic heterocycles.